The molecule has 0 radical (unpaired) electrons. The normalized spacial score (nSPS) is 19.8. The summed E-state index contributed by atoms with van der Waals surface area (Å²) in [6, 6.07) is 2.45. The highest BCUT2D eigenvalue weighted by Crippen LogP contribution is 2.34. The number of ether oxygens (including phenoxy) is 1. The minimum Gasteiger partial charge on any atom is -0.461 e. The van der Waals surface area contributed by atoms with Crippen molar-refractivity contribution < 1.29 is 32.8 Å². The molecule has 2 aliphatic rings. The quantitative estimate of drug-likeness (QED) is 0.575. The number of carbonyl (C=O) groups excluding carboxylic acids is 2. The van der Waals surface area contributed by atoms with Gasteiger partial charge in [-0.05, 0) is 48.3 Å². The summed E-state index contributed by atoms with van der Waals surface area (Å²) in [4.78, 5) is 25.4. The number of hydrogen-bond donors (Lipinski definition) is 2. The summed E-state index contributed by atoms with van der Waals surface area (Å²) in [5.41, 5.74) is 2.32. The number of benzene rings is 1. The van der Waals surface area contributed by atoms with Crippen molar-refractivity contribution in [3.8, 4) is 0 Å². The van der Waals surface area contributed by atoms with E-state index in [9.17, 15) is 23.4 Å². The monoisotopic (exact) mass is 409 g/mol. The molecule has 1 aliphatic heterocycles. The second kappa shape index (κ2) is 8.40. The van der Waals surface area contributed by atoms with Crippen molar-refractivity contribution in [2.45, 2.75) is 71.1 Å². The van der Waals surface area contributed by atoms with E-state index in [1.807, 2.05) is 0 Å². The van der Waals surface area contributed by atoms with Crippen LogP contribution in [0.15, 0.2) is 12.1 Å². The van der Waals surface area contributed by atoms with Crippen molar-refractivity contribution in [1.82, 2.24) is 5.32 Å². The molecule has 9 heteroatoms. The van der Waals surface area contributed by atoms with Gasteiger partial charge in [0.15, 0.2) is 0 Å². The Kier molecular flexibility index (Phi) is 6.29. The first kappa shape index (κ1) is 21.7. The number of nitrogens with one attached hydrogen (secondary N) is 1. The van der Waals surface area contributed by atoms with E-state index in [0.29, 0.717) is 16.6 Å². The number of fused-ring (bicyclic) bond motifs is 1. The zero-order valence-corrected chi connectivity index (χ0v) is 16.8. The fourth-order valence-corrected chi connectivity index (χ4v) is 3.84. The van der Waals surface area contributed by atoms with E-state index in [1.54, 1.807) is 32.9 Å². The summed E-state index contributed by atoms with van der Waals surface area (Å²) in [6.07, 6.45) is -0.946. The number of carbonyl (C=O) groups is 2. The van der Waals surface area contributed by atoms with Gasteiger partial charge < -0.3 is 19.7 Å². The van der Waals surface area contributed by atoms with Crippen molar-refractivity contribution in [2.24, 2.45) is 5.92 Å². The SMILES string of the molecule is Cc1c(C(=O)N[C@H](C(=O)OC2CCC(F)(F)CC2)C(C)C)ccc2c1B(O)OC2. The number of hydrogen-bond acceptors (Lipinski definition) is 5. The molecule has 2 N–H and O–H groups in total. The number of halogens is 2. The van der Waals surface area contributed by atoms with Crippen LogP contribution in [-0.2, 0) is 20.8 Å². The van der Waals surface area contributed by atoms with Gasteiger partial charge in [0.05, 0.1) is 6.61 Å². The molecule has 1 heterocycles. The van der Waals surface area contributed by atoms with Gasteiger partial charge in [-0.25, -0.2) is 13.6 Å². The Morgan fingerprint density at radius 2 is 1.97 bits per heavy atom. The summed E-state index contributed by atoms with van der Waals surface area (Å²) in [6.45, 7) is 5.54. The third-order valence-corrected chi connectivity index (χ3v) is 5.65. The number of amides is 1. The van der Waals surface area contributed by atoms with Gasteiger partial charge in [0.1, 0.15) is 12.1 Å². The summed E-state index contributed by atoms with van der Waals surface area (Å²) >= 11 is 0. The van der Waals surface area contributed by atoms with Crippen molar-refractivity contribution in [2.75, 3.05) is 0 Å². The molecular formula is C20H26BF2NO5. The van der Waals surface area contributed by atoms with E-state index >= 15 is 0 Å². The molecule has 0 aromatic heterocycles. The van der Waals surface area contributed by atoms with Gasteiger partial charge in [0.25, 0.3) is 5.91 Å². The van der Waals surface area contributed by atoms with E-state index in [1.165, 1.54) is 0 Å². The van der Waals surface area contributed by atoms with E-state index in [0.717, 1.165) is 5.56 Å². The lowest BCUT2D eigenvalue weighted by Gasteiger charge is -2.30. The summed E-state index contributed by atoms with van der Waals surface area (Å²) in [7, 11) is -1.08. The second-order valence-corrected chi connectivity index (χ2v) is 8.16. The molecule has 1 aliphatic carbocycles. The summed E-state index contributed by atoms with van der Waals surface area (Å²) in [5, 5.41) is 12.7. The van der Waals surface area contributed by atoms with Crippen LogP contribution in [0.25, 0.3) is 0 Å². The van der Waals surface area contributed by atoms with Crippen LogP contribution in [-0.4, -0.2) is 42.1 Å². The minimum atomic E-state index is -2.70. The summed E-state index contributed by atoms with van der Waals surface area (Å²) in [5.74, 6) is -4.03. The molecule has 1 aromatic rings. The Morgan fingerprint density at radius 1 is 1.31 bits per heavy atom. The average molecular weight is 409 g/mol. The highest BCUT2D eigenvalue weighted by molar-refractivity contribution is 6.62. The molecule has 0 spiro atoms. The van der Waals surface area contributed by atoms with Crippen LogP contribution < -0.4 is 10.8 Å². The van der Waals surface area contributed by atoms with Crippen molar-refractivity contribution >= 4 is 24.5 Å². The highest BCUT2D eigenvalue weighted by atomic mass is 19.3. The fraction of sp³-hybridized carbons (Fsp3) is 0.600. The zero-order chi connectivity index (χ0) is 21.3. The molecule has 0 unspecified atom stereocenters. The lowest BCUT2D eigenvalue weighted by Crippen LogP contribution is -2.47. The Hall–Kier alpha value is -2.00. The smallest absolute Gasteiger partial charge is 0.461 e. The van der Waals surface area contributed by atoms with E-state index in [2.05, 4.69) is 5.32 Å². The second-order valence-electron chi connectivity index (χ2n) is 8.16. The molecule has 1 atom stereocenters. The van der Waals surface area contributed by atoms with Gasteiger partial charge >= 0.3 is 13.1 Å². The van der Waals surface area contributed by atoms with Gasteiger partial charge in [-0.3, -0.25) is 4.79 Å². The van der Waals surface area contributed by atoms with Crippen LogP contribution in [0, 0.1) is 12.8 Å². The van der Waals surface area contributed by atoms with Crippen molar-refractivity contribution in [1.29, 1.82) is 0 Å². The van der Waals surface area contributed by atoms with Gasteiger partial charge in [-0.1, -0.05) is 19.9 Å². The molecule has 0 saturated heterocycles. The molecule has 1 fully saturated rings. The summed E-state index contributed by atoms with van der Waals surface area (Å²) < 4.78 is 37.2. The molecule has 29 heavy (non-hydrogen) atoms. The maximum atomic E-state index is 13.3. The first-order valence-corrected chi connectivity index (χ1v) is 9.90. The lowest BCUT2D eigenvalue weighted by atomic mass is 9.75. The predicted octanol–water partition coefficient (Wildman–Crippen LogP) is 2.09. The van der Waals surface area contributed by atoms with Crippen molar-refractivity contribution in [3.63, 3.8) is 0 Å². The molecule has 0 bridgehead atoms. The van der Waals surface area contributed by atoms with Crippen LogP contribution in [0.4, 0.5) is 8.78 Å². The largest absolute Gasteiger partial charge is 0.492 e. The number of esters is 1. The van der Waals surface area contributed by atoms with Gasteiger partial charge in [-0.2, -0.15) is 0 Å². The Labute approximate surface area is 169 Å². The average Bonchev–Trinajstić information content (AvgIpc) is 3.03. The number of alkyl halides is 2. The van der Waals surface area contributed by atoms with Crippen LogP contribution >= 0.6 is 0 Å². The van der Waals surface area contributed by atoms with Gasteiger partial charge in [0.2, 0.25) is 5.92 Å². The first-order valence-electron chi connectivity index (χ1n) is 9.90. The third kappa shape index (κ3) is 4.78. The fourth-order valence-electron chi connectivity index (χ4n) is 3.84. The molecule has 3 rings (SSSR count). The number of rotatable bonds is 5. The van der Waals surface area contributed by atoms with Crippen LogP contribution in [0.5, 0.6) is 0 Å². The zero-order valence-electron chi connectivity index (χ0n) is 16.8. The first-order chi connectivity index (χ1) is 13.6. The van der Waals surface area contributed by atoms with Crippen LogP contribution in [0.2, 0.25) is 0 Å². The van der Waals surface area contributed by atoms with Gasteiger partial charge in [-0.15, -0.1) is 0 Å². The minimum absolute atomic E-state index is 0.110. The van der Waals surface area contributed by atoms with E-state index in [-0.39, 0.29) is 38.2 Å². The Balaban J connectivity index is 1.68. The highest BCUT2D eigenvalue weighted by Gasteiger charge is 2.38. The Morgan fingerprint density at radius 3 is 2.59 bits per heavy atom. The molecule has 6 nitrogen and oxygen atoms in total. The molecule has 1 amide bonds. The van der Waals surface area contributed by atoms with Crippen molar-refractivity contribution in [3.05, 3.63) is 28.8 Å². The van der Waals surface area contributed by atoms with E-state index < -0.39 is 37.1 Å². The van der Waals surface area contributed by atoms with E-state index in [4.69, 9.17) is 9.39 Å². The standard InChI is InChI=1S/C20H26BF2NO5/c1-11(2)17(19(26)29-14-6-8-20(22,23)9-7-14)24-18(25)15-5-4-13-10-28-21(27)16(13)12(15)3/h4-5,11,14,17,27H,6-10H2,1-3H3,(H,24,25)/t17-/m0/s1. The predicted molar refractivity (Wildman–Crippen MR) is 103 cm³/mol. The Bertz CT molecular complexity index is 791. The molecule has 1 aromatic carbocycles. The van der Waals surface area contributed by atoms with Crippen LogP contribution in [0.1, 0.15) is 61.0 Å². The third-order valence-electron chi connectivity index (χ3n) is 5.65. The topological polar surface area (TPSA) is 84.9 Å². The van der Waals surface area contributed by atoms with Gasteiger partial charge in [0, 0.05) is 18.4 Å². The molecular weight excluding hydrogens is 383 g/mol. The maximum Gasteiger partial charge on any atom is 0.492 e. The lowest BCUT2D eigenvalue weighted by molar-refractivity contribution is -0.158. The van der Waals surface area contributed by atoms with Crippen LogP contribution in [0.3, 0.4) is 0 Å². The molecule has 158 valence electrons. The maximum absolute atomic E-state index is 13.3. The molecule has 1 saturated carbocycles.